The monoisotopic (exact) mass is 257 g/mol. The number of ether oxygens (including phenoxy) is 1. The van der Waals surface area contributed by atoms with Crippen LogP contribution < -0.4 is 5.73 Å². The van der Waals surface area contributed by atoms with Crippen molar-refractivity contribution in [3.05, 3.63) is 0 Å². The van der Waals surface area contributed by atoms with Gasteiger partial charge >= 0.3 is 5.97 Å². The number of rotatable bonds is 3. The number of nitrogens with zero attached hydrogens (tertiary/aromatic N) is 2. The van der Waals surface area contributed by atoms with Gasteiger partial charge in [-0.3, -0.25) is 14.5 Å². The van der Waals surface area contributed by atoms with Gasteiger partial charge in [0.2, 0.25) is 5.91 Å². The fourth-order valence-electron chi connectivity index (χ4n) is 2.33. The highest BCUT2D eigenvalue weighted by molar-refractivity contribution is 5.81. The molecule has 2 aliphatic rings. The predicted octanol–water partition coefficient (Wildman–Crippen LogP) is -1.67. The summed E-state index contributed by atoms with van der Waals surface area (Å²) in [5, 5.41) is 9.01. The topological polar surface area (TPSA) is 96.1 Å². The molecule has 102 valence electrons. The highest BCUT2D eigenvalue weighted by atomic mass is 16.5. The van der Waals surface area contributed by atoms with E-state index < -0.39 is 11.5 Å². The summed E-state index contributed by atoms with van der Waals surface area (Å²) >= 11 is 0. The van der Waals surface area contributed by atoms with Crippen LogP contribution in [0.25, 0.3) is 0 Å². The first-order valence-corrected chi connectivity index (χ1v) is 6.11. The number of morpholine rings is 1. The molecule has 1 atom stereocenters. The van der Waals surface area contributed by atoms with E-state index in [2.05, 4.69) is 0 Å². The fourth-order valence-corrected chi connectivity index (χ4v) is 2.33. The van der Waals surface area contributed by atoms with E-state index in [1.54, 1.807) is 4.90 Å². The van der Waals surface area contributed by atoms with Crippen molar-refractivity contribution in [2.45, 2.75) is 12.0 Å². The van der Waals surface area contributed by atoms with E-state index in [-0.39, 0.29) is 19.0 Å². The van der Waals surface area contributed by atoms with E-state index in [1.165, 1.54) is 0 Å². The van der Waals surface area contributed by atoms with Gasteiger partial charge in [-0.1, -0.05) is 0 Å². The van der Waals surface area contributed by atoms with Crippen molar-refractivity contribution in [2.75, 3.05) is 45.9 Å². The summed E-state index contributed by atoms with van der Waals surface area (Å²) in [5.41, 5.74) is 4.56. The minimum Gasteiger partial charge on any atom is -0.480 e. The summed E-state index contributed by atoms with van der Waals surface area (Å²) in [6.07, 6.45) is 0.388. The van der Waals surface area contributed by atoms with Crippen LogP contribution in [0, 0.1) is 0 Å². The van der Waals surface area contributed by atoms with Crippen LogP contribution in [0.4, 0.5) is 0 Å². The molecule has 0 aliphatic carbocycles. The molecule has 2 heterocycles. The Bertz CT molecular complexity index is 343. The summed E-state index contributed by atoms with van der Waals surface area (Å²) in [7, 11) is 0. The van der Waals surface area contributed by atoms with Crippen molar-refractivity contribution in [1.29, 1.82) is 0 Å². The van der Waals surface area contributed by atoms with E-state index >= 15 is 0 Å². The van der Waals surface area contributed by atoms with Crippen LogP contribution in [-0.2, 0) is 14.3 Å². The zero-order chi connectivity index (χ0) is 13.2. The number of carboxylic acids is 1. The van der Waals surface area contributed by atoms with Gasteiger partial charge in [-0.05, 0) is 6.42 Å². The largest absolute Gasteiger partial charge is 0.480 e. The summed E-state index contributed by atoms with van der Waals surface area (Å²) in [6, 6.07) is 0. The molecule has 2 saturated heterocycles. The molecule has 0 saturated carbocycles. The van der Waals surface area contributed by atoms with Crippen LogP contribution in [0.15, 0.2) is 0 Å². The van der Waals surface area contributed by atoms with E-state index in [4.69, 9.17) is 15.6 Å². The average molecular weight is 257 g/mol. The van der Waals surface area contributed by atoms with Crippen molar-refractivity contribution in [2.24, 2.45) is 5.73 Å². The molecule has 2 fully saturated rings. The fraction of sp³-hybridized carbons (Fsp3) is 0.818. The van der Waals surface area contributed by atoms with Crippen molar-refractivity contribution < 1.29 is 19.4 Å². The second-order valence-electron chi connectivity index (χ2n) is 4.92. The first kappa shape index (κ1) is 13.3. The quantitative estimate of drug-likeness (QED) is 0.628. The third kappa shape index (κ3) is 2.80. The number of carboxylic acid groups (broad SMARTS) is 1. The second-order valence-corrected chi connectivity index (χ2v) is 4.92. The maximum Gasteiger partial charge on any atom is 0.325 e. The summed E-state index contributed by atoms with van der Waals surface area (Å²) in [4.78, 5) is 26.5. The molecule has 1 unspecified atom stereocenters. The van der Waals surface area contributed by atoms with Gasteiger partial charge < -0.3 is 20.5 Å². The molecule has 2 aliphatic heterocycles. The van der Waals surface area contributed by atoms with Crippen molar-refractivity contribution in [1.82, 2.24) is 9.80 Å². The zero-order valence-electron chi connectivity index (χ0n) is 10.3. The standard InChI is InChI=1S/C11H19N3O4/c12-11(10(16)17)1-2-13(8-11)7-9(15)14-3-5-18-6-4-14/h1-8,12H2,(H,16,17). The van der Waals surface area contributed by atoms with Crippen LogP contribution in [0.5, 0.6) is 0 Å². The van der Waals surface area contributed by atoms with Gasteiger partial charge in [0.25, 0.3) is 0 Å². The number of amides is 1. The Labute approximate surface area is 105 Å². The number of likely N-dealkylation sites (tertiary alicyclic amines) is 1. The third-order valence-corrected chi connectivity index (χ3v) is 3.53. The van der Waals surface area contributed by atoms with Gasteiger partial charge in [0.15, 0.2) is 0 Å². The molecule has 0 radical (unpaired) electrons. The smallest absolute Gasteiger partial charge is 0.325 e. The lowest BCUT2D eigenvalue weighted by molar-refractivity contribution is -0.143. The zero-order valence-corrected chi connectivity index (χ0v) is 10.3. The van der Waals surface area contributed by atoms with E-state index in [9.17, 15) is 9.59 Å². The van der Waals surface area contributed by atoms with Gasteiger partial charge in [-0.25, -0.2) is 0 Å². The lowest BCUT2D eigenvalue weighted by Crippen LogP contribution is -2.51. The van der Waals surface area contributed by atoms with Gasteiger partial charge in [0.1, 0.15) is 5.54 Å². The molecule has 0 aromatic carbocycles. The molecule has 7 heteroatoms. The average Bonchev–Trinajstić information content (AvgIpc) is 2.73. The molecular formula is C11H19N3O4. The SMILES string of the molecule is NC1(C(=O)O)CCN(CC(=O)N2CCOCC2)C1. The predicted molar refractivity (Wildman–Crippen MR) is 63.0 cm³/mol. The van der Waals surface area contributed by atoms with E-state index in [0.717, 1.165) is 0 Å². The first-order chi connectivity index (χ1) is 8.51. The van der Waals surface area contributed by atoms with Gasteiger partial charge in [0.05, 0.1) is 19.8 Å². The Morgan fingerprint density at radius 2 is 1.94 bits per heavy atom. The Hall–Kier alpha value is -1.18. The molecule has 18 heavy (non-hydrogen) atoms. The Kier molecular flexibility index (Phi) is 3.84. The summed E-state index contributed by atoms with van der Waals surface area (Å²) < 4.78 is 5.18. The molecule has 0 aromatic rings. The van der Waals surface area contributed by atoms with Crippen LogP contribution >= 0.6 is 0 Å². The number of hydrogen-bond acceptors (Lipinski definition) is 5. The van der Waals surface area contributed by atoms with Crippen molar-refractivity contribution in [3.63, 3.8) is 0 Å². The van der Waals surface area contributed by atoms with Crippen LogP contribution in [0.2, 0.25) is 0 Å². The Balaban J connectivity index is 1.84. The minimum atomic E-state index is -1.20. The highest BCUT2D eigenvalue weighted by Crippen LogP contribution is 2.18. The molecule has 0 bridgehead atoms. The van der Waals surface area contributed by atoms with Crippen molar-refractivity contribution in [3.8, 4) is 0 Å². The van der Waals surface area contributed by atoms with Crippen LogP contribution in [-0.4, -0.2) is 78.3 Å². The van der Waals surface area contributed by atoms with E-state index in [0.29, 0.717) is 39.3 Å². The molecule has 0 aromatic heterocycles. The maximum atomic E-state index is 12.0. The number of hydrogen-bond donors (Lipinski definition) is 2. The Morgan fingerprint density at radius 3 is 2.50 bits per heavy atom. The Morgan fingerprint density at radius 1 is 1.28 bits per heavy atom. The molecular weight excluding hydrogens is 238 g/mol. The number of nitrogens with two attached hydrogens (primary N) is 1. The third-order valence-electron chi connectivity index (χ3n) is 3.53. The maximum absolute atomic E-state index is 12.0. The lowest BCUT2D eigenvalue weighted by Gasteiger charge is -2.29. The summed E-state index contributed by atoms with van der Waals surface area (Å²) in [5.74, 6) is -0.975. The number of carbonyl (C=O) groups excluding carboxylic acids is 1. The second kappa shape index (κ2) is 5.21. The molecule has 1 amide bonds. The minimum absolute atomic E-state index is 0.0212. The highest BCUT2D eigenvalue weighted by Gasteiger charge is 2.41. The first-order valence-electron chi connectivity index (χ1n) is 6.11. The van der Waals surface area contributed by atoms with Gasteiger partial charge in [-0.15, -0.1) is 0 Å². The molecule has 3 N–H and O–H groups in total. The number of aliphatic carboxylic acids is 1. The molecule has 2 rings (SSSR count). The van der Waals surface area contributed by atoms with Crippen LogP contribution in [0.1, 0.15) is 6.42 Å². The normalized spacial score (nSPS) is 29.5. The van der Waals surface area contributed by atoms with Crippen molar-refractivity contribution >= 4 is 11.9 Å². The van der Waals surface area contributed by atoms with Gasteiger partial charge in [0, 0.05) is 26.2 Å². The lowest BCUT2D eigenvalue weighted by atomic mass is 10.0. The summed E-state index contributed by atoms with van der Waals surface area (Å²) in [6.45, 7) is 3.39. The van der Waals surface area contributed by atoms with E-state index in [1.807, 2.05) is 4.90 Å². The molecule has 7 nitrogen and oxygen atoms in total. The molecule has 0 spiro atoms. The van der Waals surface area contributed by atoms with Gasteiger partial charge in [-0.2, -0.15) is 0 Å². The van der Waals surface area contributed by atoms with Crippen LogP contribution in [0.3, 0.4) is 0 Å². The number of carbonyl (C=O) groups is 2.